The summed E-state index contributed by atoms with van der Waals surface area (Å²) in [4.78, 5) is 16.9. The van der Waals surface area contributed by atoms with Gasteiger partial charge in [-0.3, -0.25) is 4.79 Å². The average molecular weight is 350 g/mol. The number of carbonyl (C=O) groups excluding carboxylic acids is 1. The van der Waals surface area contributed by atoms with Gasteiger partial charge in [0.1, 0.15) is 5.82 Å². The summed E-state index contributed by atoms with van der Waals surface area (Å²) in [7, 11) is 3.61. The second-order valence-electron chi connectivity index (χ2n) is 7.33. The van der Waals surface area contributed by atoms with Gasteiger partial charge in [-0.2, -0.15) is 0 Å². The number of carbonyl (C=O) groups is 1. The van der Waals surface area contributed by atoms with Crippen LogP contribution in [-0.2, 0) is 4.74 Å². The summed E-state index contributed by atoms with van der Waals surface area (Å²) in [6.45, 7) is 9.02. The Labute approximate surface area is 150 Å². The van der Waals surface area contributed by atoms with Gasteiger partial charge in [-0.15, -0.1) is 0 Å². The molecule has 1 aromatic carbocycles. The van der Waals surface area contributed by atoms with Crippen LogP contribution in [0.3, 0.4) is 0 Å². The van der Waals surface area contributed by atoms with Crippen molar-refractivity contribution in [2.24, 2.45) is 5.92 Å². The fourth-order valence-electron chi connectivity index (χ4n) is 3.44. The Morgan fingerprint density at radius 1 is 1.36 bits per heavy atom. The van der Waals surface area contributed by atoms with E-state index in [2.05, 4.69) is 18.7 Å². The van der Waals surface area contributed by atoms with Gasteiger partial charge in [-0.25, -0.2) is 4.39 Å². The Morgan fingerprint density at radius 2 is 2.00 bits per heavy atom. The van der Waals surface area contributed by atoms with Crippen LogP contribution < -0.4 is 0 Å². The zero-order chi connectivity index (χ0) is 18.6. The third-order valence-corrected chi connectivity index (χ3v) is 5.57. The van der Waals surface area contributed by atoms with Gasteiger partial charge >= 0.3 is 0 Å². The fourth-order valence-corrected chi connectivity index (χ4v) is 3.44. The molecule has 0 spiro atoms. The minimum Gasteiger partial charge on any atom is -0.381 e. The summed E-state index contributed by atoms with van der Waals surface area (Å²) in [5.41, 5.74) is 1.04. The summed E-state index contributed by atoms with van der Waals surface area (Å²) < 4.78 is 18.8. The number of ether oxygens (including phenoxy) is 1. The molecule has 1 aliphatic rings. The van der Waals surface area contributed by atoms with E-state index in [1.54, 1.807) is 31.1 Å². The first-order valence-corrected chi connectivity index (χ1v) is 9.12. The number of rotatable bonds is 6. The van der Waals surface area contributed by atoms with Crippen LogP contribution in [0.1, 0.15) is 42.6 Å². The number of piperidine rings is 1. The Balaban J connectivity index is 1.92. The third-order valence-electron chi connectivity index (χ3n) is 5.57. The molecule has 2 rings (SSSR count). The predicted octanol–water partition coefficient (Wildman–Crippen LogP) is 3.34. The minimum atomic E-state index is -0.278. The number of nitrogens with zero attached hydrogens (tertiary/aromatic N) is 2. The molecule has 1 aromatic rings. The molecule has 0 saturated carbocycles. The lowest BCUT2D eigenvalue weighted by atomic mass is 9.98. The number of hydrogen-bond donors (Lipinski definition) is 0. The molecule has 140 valence electrons. The van der Waals surface area contributed by atoms with Crippen LogP contribution in [0.5, 0.6) is 0 Å². The molecule has 5 heteroatoms. The van der Waals surface area contributed by atoms with Gasteiger partial charge in [0.15, 0.2) is 0 Å². The summed E-state index contributed by atoms with van der Waals surface area (Å²) in [5.74, 6) is 0.0233. The number of hydrogen-bond acceptors (Lipinski definition) is 3. The van der Waals surface area contributed by atoms with Crippen LogP contribution in [0, 0.1) is 18.7 Å². The van der Waals surface area contributed by atoms with E-state index in [0.717, 1.165) is 32.5 Å². The second kappa shape index (κ2) is 8.77. The Kier molecular flexibility index (Phi) is 6.96. The maximum Gasteiger partial charge on any atom is 0.253 e. The lowest BCUT2D eigenvalue weighted by Crippen LogP contribution is -2.45. The first-order valence-electron chi connectivity index (χ1n) is 9.12. The van der Waals surface area contributed by atoms with Crippen molar-refractivity contribution in [3.63, 3.8) is 0 Å². The zero-order valence-corrected chi connectivity index (χ0v) is 16.1. The van der Waals surface area contributed by atoms with E-state index in [1.165, 1.54) is 6.07 Å². The first-order chi connectivity index (χ1) is 11.8. The molecule has 0 radical (unpaired) electrons. The third kappa shape index (κ3) is 5.02. The lowest BCUT2D eigenvalue weighted by molar-refractivity contribution is 0.0319. The second-order valence-corrected chi connectivity index (χ2v) is 7.33. The lowest BCUT2D eigenvalue weighted by Gasteiger charge is -2.36. The van der Waals surface area contributed by atoms with Crippen LogP contribution in [0.25, 0.3) is 0 Å². The number of aryl methyl sites for hydroxylation is 1. The highest BCUT2D eigenvalue weighted by atomic mass is 19.1. The molecule has 0 N–H and O–H groups in total. The van der Waals surface area contributed by atoms with Gasteiger partial charge in [0.2, 0.25) is 0 Å². The van der Waals surface area contributed by atoms with E-state index < -0.39 is 0 Å². The smallest absolute Gasteiger partial charge is 0.253 e. The normalized spacial score (nSPS) is 18.8. The quantitative estimate of drug-likeness (QED) is 0.789. The van der Waals surface area contributed by atoms with Crippen LogP contribution in [0.4, 0.5) is 4.39 Å². The number of benzene rings is 1. The number of likely N-dealkylation sites (tertiary alicyclic amines) is 1. The Bertz CT molecular complexity index is 585. The van der Waals surface area contributed by atoms with Crippen LogP contribution in [-0.4, -0.2) is 61.6 Å². The van der Waals surface area contributed by atoms with E-state index in [4.69, 9.17) is 4.74 Å². The maximum absolute atomic E-state index is 13.4. The van der Waals surface area contributed by atoms with Crippen LogP contribution >= 0.6 is 0 Å². The molecule has 0 bridgehead atoms. The molecule has 1 fully saturated rings. The number of amides is 1. The van der Waals surface area contributed by atoms with E-state index in [1.807, 2.05) is 7.05 Å². The van der Waals surface area contributed by atoms with Crippen molar-refractivity contribution < 1.29 is 13.9 Å². The summed E-state index contributed by atoms with van der Waals surface area (Å²) >= 11 is 0. The van der Waals surface area contributed by atoms with Gasteiger partial charge in [0, 0.05) is 45.4 Å². The van der Waals surface area contributed by atoms with Crippen LogP contribution in [0.2, 0.25) is 0 Å². The van der Waals surface area contributed by atoms with Crippen molar-refractivity contribution in [3.05, 3.63) is 35.1 Å². The fraction of sp³-hybridized carbons (Fsp3) is 0.650. The van der Waals surface area contributed by atoms with Crippen molar-refractivity contribution in [3.8, 4) is 0 Å². The van der Waals surface area contributed by atoms with Gasteiger partial charge in [-0.1, -0.05) is 6.92 Å². The van der Waals surface area contributed by atoms with Crippen molar-refractivity contribution in [1.82, 2.24) is 9.80 Å². The molecule has 0 aromatic heterocycles. The SMILES string of the molecule is COC1CCN(CC(C)C(C)N(C)C(=O)c2ccc(F)c(C)c2)CC1. The molecule has 1 aliphatic heterocycles. The molecular formula is C20H31FN2O2. The van der Waals surface area contributed by atoms with E-state index in [0.29, 0.717) is 23.1 Å². The van der Waals surface area contributed by atoms with Gasteiger partial charge < -0.3 is 14.5 Å². The van der Waals surface area contributed by atoms with Crippen molar-refractivity contribution in [2.45, 2.75) is 45.8 Å². The number of halogens is 1. The summed E-state index contributed by atoms with van der Waals surface area (Å²) in [6, 6.07) is 4.66. The molecule has 2 atom stereocenters. The average Bonchev–Trinajstić information content (AvgIpc) is 2.62. The van der Waals surface area contributed by atoms with E-state index in [-0.39, 0.29) is 17.8 Å². The van der Waals surface area contributed by atoms with Crippen molar-refractivity contribution in [1.29, 1.82) is 0 Å². The van der Waals surface area contributed by atoms with E-state index >= 15 is 0 Å². The van der Waals surface area contributed by atoms with Crippen molar-refractivity contribution >= 4 is 5.91 Å². The molecule has 4 nitrogen and oxygen atoms in total. The summed E-state index contributed by atoms with van der Waals surface area (Å²) in [6.07, 6.45) is 2.53. The van der Waals surface area contributed by atoms with Gasteiger partial charge in [0.05, 0.1) is 6.10 Å². The van der Waals surface area contributed by atoms with E-state index in [9.17, 15) is 9.18 Å². The Morgan fingerprint density at radius 3 is 2.56 bits per heavy atom. The zero-order valence-electron chi connectivity index (χ0n) is 16.1. The summed E-state index contributed by atoms with van der Waals surface area (Å²) in [5, 5.41) is 0. The molecule has 1 saturated heterocycles. The highest BCUT2D eigenvalue weighted by Crippen LogP contribution is 2.19. The van der Waals surface area contributed by atoms with Crippen molar-refractivity contribution in [2.75, 3.05) is 33.8 Å². The molecule has 1 heterocycles. The monoisotopic (exact) mass is 350 g/mol. The molecule has 25 heavy (non-hydrogen) atoms. The minimum absolute atomic E-state index is 0.0551. The molecule has 0 aliphatic carbocycles. The van der Waals surface area contributed by atoms with Crippen LogP contribution in [0.15, 0.2) is 18.2 Å². The molecule has 1 amide bonds. The highest BCUT2D eigenvalue weighted by molar-refractivity contribution is 5.94. The van der Waals surface area contributed by atoms with Gasteiger partial charge in [0.25, 0.3) is 5.91 Å². The molecular weight excluding hydrogens is 319 g/mol. The maximum atomic E-state index is 13.4. The molecule has 2 unspecified atom stereocenters. The highest BCUT2D eigenvalue weighted by Gasteiger charge is 2.26. The largest absolute Gasteiger partial charge is 0.381 e. The Hall–Kier alpha value is -1.46. The predicted molar refractivity (Wildman–Crippen MR) is 98.3 cm³/mol. The topological polar surface area (TPSA) is 32.8 Å². The number of methoxy groups -OCH3 is 1. The van der Waals surface area contributed by atoms with Gasteiger partial charge in [-0.05, 0) is 56.4 Å². The first kappa shape index (κ1) is 19.9. The standard InChI is InChI=1S/C20H31FN2O2/c1-14-12-17(6-7-19(14)21)20(24)22(4)16(3)15(2)13-23-10-8-18(25-5)9-11-23/h6-7,12,15-16,18H,8-11,13H2,1-5H3.